The van der Waals surface area contributed by atoms with Crippen LogP contribution in [0.15, 0.2) is 24.3 Å². The van der Waals surface area contributed by atoms with Crippen molar-refractivity contribution >= 4 is 5.78 Å². The highest BCUT2D eigenvalue weighted by atomic mass is 16.3. The molecular weight excluding hydrogens is 188 g/mol. The van der Waals surface area contributed by atoms with Gasteiger partial charge in [0.2, 0.25) is 0 Å². The fourth-order valence-electron chi connectivity index (χ4n) is 1.33. The molecule has 0 radical (unpaired) electrons. The lowest BCUT2D eigenvalue weighted by molar-refractivity contribution is 0.0963. The number of rotatable bonds is 3. The van der Waals surface area contributed by atoms with Gasteiger partial charge in [0.05, 0.1) is 5.56 Å². The van der Waals surface area contributed by atoms with Gasteiger partial charge in [0.1, 0.15) is 5.75 Å². The Labute approximate surface area is 90.9 Å². The van der Waals surface area contributed by atoms with Gasteiger partial charge in [0, 0.05) is 6.42 Å². The molecule has 1 aromatic rings. The molecule has 0 saturated heterocycles. The largest absolute Gasteiger partial charge is 0.507 e. The third-order valence-electron chi connectivity index (χ3n) is 2.31. The van der Waals surface area contributed by atoms with E-state index in [1.807, 2.05) is 0 Å². The average Bonchev–Trinajstić information content (AvgIpc) is 2.14. The molecule has 0 saturated carbocycles. The average molecular weight is 206 g/mol. The van der Waals surface area contributed by atoms with Crippen molar-refractivity contribution < 1.29 is 9.90 Å². The molecule has 1 rings (SSSR count). The Morgan fingerprint density at radius 3 is 2.40 bits per heavy atom. The van der Waals surface area contributed by atoms with E-state index in [0.29, 0.717) is 12.0 Å². The number of hydrogen-bond acceptors (Lipinski definition) is 2. The number of para-hydroxylation sites is 1. The van der Waals surface area contributed by atoms with Gasteiger partial charge in [-0.3, -0.25) is 4.79 Å². The van der Waals surface area contributed by atoms with E-state index in [0.717, 1.165) is 6.42 Å². The molecule has 0 fully saturated rings. The highest BCUT2D eigenvalue weighted by Crippen LogP contribution is 2.24. The first-order valence-corrected chi connectivity index (χ1v) is 5.21. The summed E-state index contributed by atoms with van der Waals surface area (Å²) in [5.74, 6) is 0.0967. The van der Waals surface area contributed by atoms with Crippen molar-refractivity contribution in [3.05, 3.63) is 29.8 Å². The molecule has 0 atom stereocenters. The van der Waals surface area contributed by atoms with Gasteiger partial charge in [-0.2, -0.15) is 0 Å². The van der Waals surface area contributed by atoms with Crippen molar-refractivity contribution in [2.75, 3.05) is 0 Å². The van der Waals surface area contributed by atoms with Gasteiger partial charge in [-0.1, -0.05) is 32.9 Å². The van der Waals surface area contributed by atoms with Gasteiger partial charge in [0.15, 0.2) is 5.78 Å². The molecule has 0 aliphatic carbocycles. The summed E-state index contributed by atoms with van der Waals surface area (Å²) in [5.41, 5.74) is 0.585. The summed E-state index contributed by atoms with van der Waals surface area (Å²) in [6.45, 7) is 6.31. The van der Waals surface area contributed by atoms with Gasteiger partial charge in [-0.05, 0) is 24.0 Å². The quantitative estimate of drug-likeness (QED) is 0.769. The zero-order valence-electron chi connectivity index (χ0n) is 9.58. The summed E-state index contributed by atoms with van der Waals surface area (Å²) in [6.07, 6.45) is 1.32. The van der Waals surface area contributed by atoms with E-state index in [-0.39, 0.29) is 16.9 Å². The van der Waals surface area contributed by atoms with Crippen molar-refractivity contribution in [1.29, 1.82) is 0 Å². The van der Waals surface area contributed by atoms with Crippen LogP contribution in [0.25, 0.3) is 0 Å². The van der Waals surface area contributed by atoms with E-state index in [4.69, 9.17) is 0 Å². The van der Waals surface area contributed by atoms with Crippen LogP contribution in [0.4, 0.5) is 0 Å². The van der Waals surface area contributed by atoms with Crippen LogP contribution >= 0.6 is 0 Å². The molecule has 2 nitrogen and oxygen atoms in total. The summed E-state index contributed by atoms with van der Waals surface area (Å²) >= 11 is 0. The van der Waals surface area contributed by atoms with Crippen LogP contribution in [-0.4, -0.2) is 10.9 Å². The molecule has 0 spiro atoms. The van der Waals surface area contributed by atoms with Crippen molar-refractivity contribution in [2.45, 2.75) is 33.6 Å². The minimum atomic E-state index is 0.0167. The Morgan fingerprint density at radius 2 is 1.87 bits per heavy atom. The van der Waals surface area contributed by atoms with E-state index in [2.05, 4.69) is 20.8 Å². The summed E-state index contributed by atoms with van der Waals surface area (Å²) in [5, 5.41) is 9.49. The van der Waals surface area contributed by atoms with E-state index in [1.54, 1.807) is 24.3 Å². The van der Waals surface area contributed by atoms with Crippen LogP contribution in [0, 0.1) is 5.41 Å². The van der Waals surface area contributed by atoms with Crippen LogP contribution in [0.1, 0.15) is 44.0 Å². The van der Waals surface area contributed by atoms with Crippen molar-refractivity contribution in [3.8, 4) is 5.75 Å². The number of hydrogen-bond donors (Lipinski definition) is 1. The van der Waals surface area contributed by atoms with Crippen LogP contribution in [-0.2, 0) is 0 Å². The summed E-state index contributed by atoms with van der Waals surface area (Å²) in [6, 6.07) is 6.70. The maximum Gasteiger partial charge on any atom is 0.166 e. The Morgan fingerprint density at radius 1 is 1.27 bits per heavy atom. The Hall–Kier alpha value is -1.31. The van der Waals surface area contributed by atoms with Gasteiger partial charge in [-0.25, -0.2) is 0 Å². The van der Waals surface area contributed by atoms with Gasteiger partial charge >= 0.3 is 0 Å². The van der Waals surface area contributed by atoms with Gasteiger partial charge < -0.3 is 5.11 Å². The molecule has 1 aromatic carbocycles. The second-order valence-corrected chi connectivity index (χ2v) is 5.00. The highest BCUT2D eigenvalue weighted by Gasteiger charge is 2.15. The van der Waals surface area contributed by atoms with E-state index >= 15 is 0 Å². The number of phenols is 1. The number of ketones is 1. The SMILES string of the molecule is CC(C)(C)CCC(=O)c1ccccc1O. The first-order valence-electron chi connectivity index (χ1n) is 5.21. The summed E-state index contributed by atoms with van der Waals surface area (Å²) in [4.78, 5) is 11.8. The molecule has 0 heterocycles. The zero-order valence-corrected chi connectivity index (χ0v) is 9.58. The van der Waals surface area contributed by atoms with Crippen LogP contribution in [0.2, 0.25) is 0 Å². The molecule has 15 heavy (non-hydrogen) atoms. The van der Waals surface area contributed by atoms with E-state index in [1.165, 1.54) is 0 Å². The highest BCUT2D eigenvalue weighted by molar-refractivity contribution is 5.98. The molecule has 0 bridgehead atoms. The molecule has 0 aliphatic rings. The third kappa shape index (κ3) is 3.74. The van der Waals surface area contributed by atoms with Crippen LogP contribution in [0.3, 0.4) is 0 Å². The standard InChI is InChI=1S/C13H18O2/c1-13(2,3)9-8-12(15)10-6-4-5-7-11(10)14/h4-7,14H,8-9H2,1-3H3. The summed E-state index contributed by atoms with van der Waals surface area (Å²) in [7, 11) is 0. The van der Waals surface area contributed by atoms with Crippen LogP contribution < -0.4 is 0 Å². The fraction of sp³-hybridized carbons (Fsp3) is 0.462. The predicted molar refractivity (Wildman–Crippen MR) is 61.1 cm³/mol. The monoisotopic (exact) mass is 206 g/mol. The van der Waals surface area contributed by atoms with Gasteiger partial charge in [0.25, 0.3) is 0 Å². The maximum atomic E-state index is 11.8. The maximum absolute atomic E-state index is 11.8. The minimum absolute atomic E-state index is 0.0167. The topological polar surface area (TPSA) is 37.3 Å². The van der Waals surface area contributed by atoms with E-state index < -0.39 is 0 Å². The van der Waals surface area contributed by atoms with E-state index in [9.17, 15) is 9.90 Å². The smallest absolute Gasteiger partial charge is 0.166 e. The molecule has 0 aliphatic heterocycles. The third-order valence-corrected chi connectivity index (χ3v) is 2.31. The molecule has 0 unspecified atom stereocenters. The molecule has 0 amide bonds. The first-order chi connectivity index (χ1) is 6.90. The lowest BCUT2D eigenvalue weighted by Gasteiger charge is -2.17. The molecule has 0 aromatic heterocycles. The molecule has 1 N–H and O–H groups in total. The molecular formula is C13H18O2. The predicted octanol–water partition coefficient (Wildman–Crippen LogP) is 3.40. The Bertz CT molecular complexity index is 348. The fourth-order valence-corrected chi connectivity index (χ4v) is 1.33. The lowest BCUT2D eigenvalue weighted by Crippen LogP contribution is -2.09. The number of benzene rings is 1. The van der Waals surface area contributed by atoms with Crippen molar-refractivity contribution in [2.24, 2.45) is 5.41 Å². The lowest BCUT2D eigenvalue weighted by atomic mass is 9.88. The number of aromatic hydroxyl groups is 1. The zero-order chi connectivity index (χ0) is 11.5. The molecule has 82 valence electrons. The minimum Gasteiger partial charge on any atom is -0.507 e. The Kier molecular flexibility index (Phi) is 3.51. The summed E-state index contributed by atoms with van der Waals surface area (Å²) < 4.78 is 0. The number of carbonyl (C=O) groups excluding carboxylic acids is 1. The normalized spacial score (nSPS) is 11.4. The number of Topliss-reactive ketones (excluding diaryl/α,β-unsaturated/α-hetero) is 1. The van der Waals surface area contributed by atoms with Crippen molar-refractivity contribution in [3.63, 3.8) is 0 Å². The number of carbonyl (C=O) groups is 1. The number of phenolic OH excluding ortho intramolecular Hbond substituents is 1. The van der Waals surface area contributed by atoms with Gasteiger partial charge in [-0.15, -0.1) is 0 Å². The second-order valence-electron chi connectivity index (χ2n) is 5.00. The van der Waals surface area contributed by atoms with Crippen molar-refractivity contribution in [1.82, 2.24) is 0 Å². The Balaban J connectivity index is 2.66. The molecule has 2 heteroatoms. The van der Waals surface area contributed by atoms with Crippen LogP contribution in [0.5, 0.6) is 5.75 Å². The first kappa shape index (κ1) is 11.8. The second kappa shape index (κ2) is 4.47.